The van der Waals surface area contributed by atoms with E-state index in [-0.39, 0.29) is 0 Å². The molecular weight excluding hydrogens is 181 g/mol. The summed E-state index contributed by atoms with van der Waals surface area (Å²) in [5.41, 5.74) is 1.34. The number of nitrogens with zero attached hydrogens (tertiary/aromatic N) is 1. The van der Waals surface area contributed by atoms with Crippen molar-refractivity contribution in [2.75, 3.05) is 7.11 Å². The highest BCUT2D eigenvalue weighted by Crippen LogP contribution is 2.23. The van der Waals surface area contributed by atoms with Crippen molar-refractivity contribution in [2.24, 2.45) is 5.18 Å². The van der Waals surface area contributed by atoms with E-state index in [0.29, 0.717) is 23.1 Å². The lowest BCUT2D eigenvalue weighted by Gasteiger charge is -2.06. The van der Waals surface area contributed by atoms with Gasteiger partial charge in [-0.3, -0.25) is 0 Å². The molecule has 0 heterocycles. The van der Waals surface area contributed by atoms with Crippen LogP contribution in [0.4, 0.5) is 5.69 Å². The average Bonchev–Trinajstić information content (AvgIpc) is 2.26. The first-order chi connectivity index (χ1) is 6.74. The second-order valence-corrected chi connectivity index (χ2v) is 2.74. The Labute approximate surface area is 82.6 Å². The van der Waals surface area contributed by atoms with Gasteiger partial charge in [0.25, 0.3) is 0 Å². The van der Waals surface area contributed by atoms with Crippen molar-refractivity contribution in [1.29, 1.82) is 0 Å². The van der Waals surface area contributed by atoms with Gasteiger partial charge in [0, 0.05) is 0 Å². The smallest absolute Gasteiger partial charge is 0.338 e. The third-order valence-electron chi connectivity index (χ3n) is 2.01. The molecular formula is C9H10BNO3. The molecule has 0 spiro atoms. The molecule has 14 heavy (non-hydrogen) atoms. The van der Waals surface area contributed by atoms with Gasteiger partial charge in [-0.15, -0.1) is 4.91 Å². The minimum Gasteiger partial charge on any atom is -0.465 e. The van der Waals surface area contributed by atoms with Gasteiger partial charge in [0.15, 0.2) is 0 Å². The van der Waals surface area contributed by atoms with Gasteiger partial charge in [0.1, 0.15) is 13.5 Å². The summed E-state index contributed by atoms with van der Waals surface area (Å²) in [6.07, 6.45) is 0.576. The van der Waals surface area contributed by atoms with Crippen molar-refractivity contribution < 1.29 is 9.53 Å². The normalized spacial score (nSPS) is 9.50. The SMILES string of the molecule is BCc1c(N=O)cccc1C(=O)OC. The zero-order valence-electron chi connectivity index (χ0n) is 8.11. The van der Waals surface area contributed by atoms with Gasteiger partial charge < -0.3 is 4.74 Å². The zero-order valence-corrected chi connectivity index (χ0v) is 8.11. The maximum Gasteiger partial charge on any atom is 0.338 e. The number of rotatable bonds is 3. The van der Waals surface area contributed by atoms with Crippen LogP contribution in [0, 0.1) is 4.91 Å². The van der Waals surface area contributed by atoms with Crippen LogP contribution >= 0.6 is 0 Å². The van der Waals surface area contributed by atoms with E-state index < -0.39 is 5.97 Å². The number of carbonyl (C=O) groups is 1. The van der Waals surface area contributed by atoms with E-state index in [1.807, 2.05) is 7.85 Å². The third-order valence-corrected chi connectivity index (χ3v) is 2.01. The van der Waals surface area contributed by atoms with E-state index in [4.69, 9.17) is 0 Å². The molecule has 0 amide bonds. The lowest BCUT2D eigenvalue weighted by Crippen LogP contribution is -2.05. The van der Waals surface area contributed by atoms with Crippen LogP contribution in [0.2, 0.25) is 0 Å². The van der Waals surface area contributed by atoms with Gasteiger partial charge in [-0.1, -0.05) is 12.4 Å². The highest BCUT2D eigenvalue weighted by molar-refractivity contribution is 6.10. The Morgan fingerprint density at radius 2 is 2.29 bits per heavy atom. The summed E-state index contributed by atoms with van der Waals surface area (Å²) in [4.78, 5) is 21.7. The first-order valence-corrected chi connectivity index (χ1v) is 4.28. The Morgan fingerprint density at radius 3 is 2.79 bits per heavy atom. The standard InChI is InChI=1S/C9H10BNO3/c1-14-9(12)6-3-2-4-8(11-13)7(6)5-10/h2-4H,5,10H2,1H3. The molecule has 0 fully saturated rings. The maximum atomic E-state index is 11.3. The Bertz CT molecular complexity index is 365. The van der Waals surface area contributed by atoms with Gasteiger partial charge in [-0.05, 0) is 22.9 Å². The zero-order chi connectivity index (χ0) is 10.6. The van der Waals surface area contributed by atoms with Crippen LogP contribution in [0.5, 0.6) is 0 Å². The first-order valence-electron chi connectivity index (χ1n) is 4.28. The molecule has 0 N–H and O–H groups in total. The van der Waals surface area contributed by atoms with Crippen LogP contribution < -0.4 is 0 Å². The number of benzene rings is 1. The van der Waals surface area contributed by atoms with Gasteiger partial charge in [-0.2, -0.15) is 0 Å². The second-order valence-electron chi connectivity index (χ2n) is 2.74. The summed E-state index contributed by atoms with van der Waals surface area (Å²) < 4.78 is 4.60. The number of ether oxygens (including phenoxy) is 1. The Hall–Kier alpha value is -1.65. The van der Waals surface area contributed by atoms with Gasteiger partial charge >= 0.3 is 5.97 Å². The molecule has 1 aromatic rings. The number of hydrogen-bond donors (Lipinski definition) is 0. The van der Waals surface area contributed by atoms with E-state index in [1.54, 1.807) is 18.2 Å². The molecule has 0 unspecified atom stereocenters. The summed E-state index contributed by atoms with van der Waals surface area (Å²) in [6, 6.07) is 4.82. The van der Waals surface area contributed by atoms with Gasteiger partial charge in [0.05, 0.1) is 12.7 Å². The summed E-state index contributed by atoms with van der Waals surface area (Å²) >= 11 is 0. The van der Waals surface area contributed by atoms with E-state index in [9.17, 15) is 9.70 Å². The monoisotopic (exact) mass is 191 g/mol. The van der Waals surface area contributed by atoms with Crippen LogP contribution in [-0.4, -0.2) is 20.9 Å². The molecule has 1 rings (SSSR count). The fraction of sp³-hybridized carbons (Fsp3) is 0.222. The first kappa shape index (κ1) is 10.4. The van der Waals surface area contributed by atoms with Crippen LogP contribution in [0.15, 0.2) is 23.4 Å². The maximum absolute atomic E-state index is 11.3. The van der Waals surface area contributed by atoms with Crippen molar-refractivity contribution in [2.45, 2.75) is 6.32 Å². The molecule has 0 saturated carbocycles. The Morgan fingerprint density at radius 1 is 1.57 bits per heavy atom. The summed E-state index contributed by atoms with van der Waals surface area (Å²) in [7, 11) is 3.17. The second kappa shape index (κ2) is 4.55. The molecule has 5 heteroatoms. The number of nitroso groups, excluding NO2 is 1. The largest absolute Gasteiger partial charge is 0.465 e. The van der Waals surface area contributed by atoms with E-state index in [0.717, 1.165) is 0 Å². The molecule has 0 atom stereocenters. The number of esters is 1. The molecule has 0 saturated heterocycles. The molecule has 0 radical (unpaired) electrons. The topological polar surface area (TPSA) is 55.7 Å². The fourth-order valence-corrected chi connectivity index (χ4v) is 1.33. The van der Waals surface area contributed by atoms with Crippen LogP contribution in [-0.2, 0) is 11.1 Å². The fourth-order valence-electron chi connectivity index (χ4n) is 1.33. The average molecular weight is 191 g/mol. The predicted octanol–water partition coefficient (Wildman–Crippen LogP) is 1.00. The number of carbonyl (C=O) groups excluding carboxylic acids is 1. The molecule has 1 aromatic carbocycles. The lowest BCUT2D eigenvalue weighted by atomic mass is 9.91. The molecule has 0 aliphatic heterocycles. The van der Waals surface area contributed by atoms with E-state index in [2.05, 4.69) is 9.91 Å². The van der Waals surface area contributed by atoms with E-state index in [1.165, 1.54) is 7.11 Å². The van der Waals surface area contributed by atoms with Crippen molar-refractivity contribution in [3.63, 3.8) is 0 Å². The number of methoxy groups -OCH3 is 1. The van der Waals surface area contributed by atoms with Crippen molar-refractivity contribution >= 4 is 19.5 Å². The summed E-state index contributed by atoms with van der Waals surface area (Å²) in [5, 5.41) is 2.86. The lowest BCUT2D eigenvalue weighted by molar-refractivity contribution is 0.0600. The molecule has 0 bridgehead atoms. The molecule has 4 nitrogen and oxygen atoms in total. The predicted molar refractivity (Wildman–Crippen MR) is 55.5 cm³/mol. The molecule has 0 aliphatic carbocycles. The molecule has 0 aliphatic rings. The van der Waals surface area contributed by atoms with E-state index >= 15 is 0 Å². The number of hydrogen-bond acceptors (Lipinski definition) is 4. The highest BCUT2D eigenvalue weighted by Gasteiger charge is 2.13. The quantitative estimate of drug-likeness (QED) is 0.406. The minimum absolute atomic E-state index is 0.301. The molecule has 72 valence electrons. The van der Waals surface area contributed by atoms with Gasteiger partial charge in [-0.25, -0.2) is 4.79 Å². The van der Waals surface area contributed by atoms with Crippen LogP contribution in [0.25, 0.3) is 0 Å². The van der Waals surface area contributed by atoms with Crippen molar-refractivity contribution in [3.8, 4) is 0 Å². The van der Waals surface area contributed by atoms with Crippen molar-refractivity contribution in [1.82, 2.24) is 0 Å². The van der Waals surface area contributed by atoms with Crippen molar-refractivity contribution in [3.05, 3.63) is 34.2 Å². The minimum atomic E-state index is -0.438. The summed E-state index contributed by atoms with van der Waals surface area (Å²) in [6.45, 7) is 0. The van der Waals surface area contributed by atoms with Crippen LogP contribution in [0.3, 0.4) is 0 Å². The Kier molecular flexibility index (Phi) is 3.39. The Balaban J connectivity index is 3.28. The third kappa shape index (κ3) is 1.81. The van der Waals surface area contributed by atoms with Crippen LogP contribution in [0.1, 0.15) is 15.9 Å². The summed E-state index contributed by atoms with van der Waals surface area (Å²) in [5.74, 6) is -0.438. The highest BCUT2D eigenvalue weighted by atomic mass is 16.5. The molecule has 0 aromatic heterocycles. The van der Waals surface area contributed by atoms with Gasteiger partial charge in [0.2, 0.25) is 0 Å².